The lowest BCUT2D eigenvalue weighted by Gasteiger charge is -2.00. The number of alkyl halides is 1. The summed E-state index contributed by atoms with van der Waals surface area (Å²) in [4.78, 5) is 8.37. The Labute approximate surface area is 196 Å². The van der Waals surface area contributed by atoms with Crippen molar-refractivity contribution >= 4 is 58.3 Å². The SMILES string of the molecule is Cl.N#CCc1cccc(CCl)n1.N#CCc1cccc(CSC(=N)N)n1.NC(N)=S. The number of thiocarbonyl (C=S) groups is 1. The van der Waals surface area contributed by atoms with Crippen LogP contribution in [0.15, 0.2) is 36.4 Å². The molecule has 7 N–H and O–H groups in total. The predicted octanol–water partition coefficient (Wildman–Crippen LogP) is 2.77. The van der Waals surface area contributed by atoms with Crippen LogP contribution in [-0.4, -0.2) is 20.2 Å². The van der Waals surface area contributed by atoms with E-state index in [0.29, 0.717) is 24.5 Å². The van der Waals surface area contributed by atoms with Crippen molar-refractivity contribution in [2.24, 2.45) is 17.2 Å². The van der Waals surface area contributed by atoms with Gasteiger partial charge in [0.05, 0.1) is 53.6 Å². The summed E-state index contributed by atoms with van der Waals surface area (Å²) in [7, 11) is 0. The molecule has 12 heteroatoms. The molecule has 0 aliphatic carbocycles. The van der Waals surface area contributed by atoms with Crippen molar-refractivity contribution in [2.45, 2.75) is 24.5 Å². The summed E-state index contributed by atoms with van der Waals surface area (Å²) in [5, 5.41) is 24.0. The molecule has 0 saturated heterocycles. The highest BCUT2D eigenvalue weighted by atomic mass is 35.5. The third kappa shape index (κ3) is 16.3. The summed E-state index contributed by atoms with van der Waals surface area (Å²) < 4.78 is 0. The fourth-order valence-electron chi connectivity index (χ4n) is 1.72. The van der Waals surface area contributed by atoms with E-state index in [9.17, 15) is 0 Å². The van der Waals surface area contributed by atoms with Crippen molar-refractivity contribution < 1.29 is 0 Å². The Morgan fingerprint density at radius 3 is 1.77 bits per heavy atom. The predicted molar refractivity (Wildman–Crippen MR) is 128 cm³/mol. The molecule has 0 bridgehead atoms. The van der Waals surface area contributed by atoms with Gasteiger partial charge in [-0.3, -0.25) is 15.4 Å². The van der Waals surface area contributed by atoms with E-state index in [2.05, 4.69) is 33.7 Å². The first-order valence-electron chi connectivity index (χ1n) is 8.03. The first-order valence-corrected chi connectivity index (χ1v) is 9.96. The molecule has 0 aromatic carbocycles. The highest BCUT2D eigenvalue weighted by molar-refractivity contribution is 8.13. The molecule has 0 atom stereocenters. The van der Waals surface area contributed by atoms with Crippen LogP contribution in [0.25, 0.3) is 0 Å². The Morgan fingerprint density at radius 2 is 1.37 bits per heavy atom. The number of rotatable bonds is 5. The molecule has 0 unspecified atom stereocenters. The van der Waals surface area contributed by atoms with Crippen LogP contribution in [0.1, 0.15) is 22.8 Å². The number of amidine groups is 1. The van der Waals surface area contributed by atoms with Crippen molar-refractivity contribution in [3.63, 3.8) is 0 Å². The van der Waals surface area contributed by atoms with Gasteiger partial charge >= 0.3 is 0 Å². The second-order valence-corrected chi connectivity index (χ2v) is 6.86. The summed E-state index contributed by atoms with van der Waals surface area (Å²) in [6, 6.07) is 15.1. The Bertz CT molecular complexity index is 877. The smallest absolute Gasteiger partial charge is 0.160 e. The van der Waals surface area contributed by atoms with Gasteiger partial charge in [0.15, 0.2) is 10.3 Å². The van der Waals surface area contributed by atoms with Crippen LogP contribution < -0.4 is 17.2 Å². The molecule has 0 radical (unpaired) electrons. The highest BCUT2D eigenvalue weighted by Gasteiger charge is 1.99. The van der Waals surface area contributed by atoms with E-state index < -0.39 is 0 Å². The highest BCUT2D eigenvalue weighted by Crippen LogP contribution is 2.09. The normalized spacial score (nSPS) is 8.50. The molecule has 2 aromatic heterocycles. The fraction of sp³-hybridized carbons (Fsp3) is 0.222. The third-order valence-corrected chi connectivity index (χ3v) is 3.79. The van der Waals surface area contributed by atoms with Gasteiger partial charge in [0.25, 0.3) is 0 Å². The van der Waals surface area contributed by atoms with Gasteiger partial charge in [-0.25, -0.2) is 0 Å². The zero-order valence-corrected chi connectivity index (χ0v) is 19.1. The van der Waals surface area contributed by atoms with Gasteiger partial charge in [0, 0.05) is 5.75 Å². The summed E-state index contributed by atoms with van der Waals surface area (Å²) in [6.07, 6.45) is 0.670. The van der Waals surface area contributed by atoms with E-state index in [0.717, 1.165) is 22.8 Å². The van der Waals surface area contributed by atoms with Gasteiger partial charge in [-0.05, 0) is 36.5 Å². The largest absolute Gasteiger partial charge is 0.379 e. The molecule has 2 rings (SSSR count). The van der Waals surface area contributed by atoms with E-state index >= 15 is 0 Å². The minimum atomic E-state index is 0. The average molecular weight is 485 g/mol. The average Bonchev–Trinajstić information content (AvgIpc) is 2.67. The molecule has 0 amide bonds. The maximum atomic E-state index is 8.48. The number of hydrogen-bond acceptors (Lipinski definition) is 7. The molecule has 0 aliphatic heterocycles. The van der Waals surface area contributed by atoms with Gasteiger partial charge < -0.3 is 17.2 Å². The molecule has 0 spiro atoms. The Kier molecular flexibility index (Phi) is 18.1. The van der Waals surface area contributed by atoms with Crippen LogP contribution in [0, 0.1) is 28.1 Å². The first kappa shape index (κ1) is 29.6. The van der Waals surface area contributed by atoms with E-state index in [1.54, 1.807) is 0 Å². The molecule has 0 saturated carbocycles. The molecular weight excluding hydrogens is 463 g/mol. The van der Waals surface area contributed by atoms with Crippen molar-refractivity contribution in [3.05, 3.63) is 59.2 Å². The van der Waals surface area contributed by atoms with Crippen LogP contribution in [0.5, 0.6) is 0 Å². The van der Waals surface area contributed by atoms with Crippen molar-refractivity contribution in [1.82, 2.24) is 9.97 Å². The van der Waals surface area contributed by atoms with Gasteiger partial charge in [0.2, 0.25) is 0 Å². The number of aromatic nitrogens is 2. The van der Waals surface area contributed by atoms with Gasteiger partial charge in [0.1, 0.15) is 0 Å². The van der Waals surface area contributed by atoms with Gasteiger partial charge in [-0.2, -0.15) is 10.5 Å². The Morgan fingerprint density at radius 1 is 0.967 bits per heavy atom. The third-order valence-electron chi connectivity index (χ3n) is 2.76. The number of thioether (sulfide) groups is 1. The van der Waals surface area contributed by atoms with E-state index in [1.165, 1.54) is 11.8 Å². The maximum Gasteiger partial charge on any atom is 0.160 e. The quantitative estimate of drug-likeness (QED) is 0.215. The summed E-state index contributed by atoms with van der Waals surface area (Å²) in [6.45, 7) is 0. The second-order valence-electron chi connectivity index (χ2n) is 5.10. The Hall–Kier alpha value is -2.63. The van der Waals surface area contributed by atoms with Crippen molar-refractivity contribution in [3.8, 4) is 12.1 Å². The number of pyridine rings is 2. The number of nitrogens with zero attached hydrogens (tertiary/aromatic N) is 4. The minimum absolute atomic E-state index is 0. The monoisotopic (exact) mass is 484 g/mol. The van der Waals surface area contributed by atoms with E-state index in [1.807, 2.05) is 48.5 Å². The van der Waals surface area contributed by atoms with Crippen molar-refractivity contribution in [2.75, 3.05) is 0 Å². The van der Waals surface area contributed by atoms with Gasteiger partial charge in [-0.15, -0.1) is 24.0 Å². The van der Waals surface area contributed by atoms with Crippen molar-refractivity contribution in [1.29, 1.82) is 15.9 Å². The lowest BCUT2D eigenvalue weighted by atomic mass is 10.2. The van der Waals surface area contributed by atoms with Crippen LogP contribution >= 0.6 is 48.0 Å². The topological polar surface area (TPSA) is 175 Å². The fourth-order valence-corrected chi connectivity index (χ4v) is 2.34. The Balaban J connectivity index is 0. The molecule has 160 valence electrons. The lowest BCUT2D eigenvalue weighted by Crippen LogP contribution is -2.18. The minimum Gasteiger partial charge on any atom is -0.379 e. The standard InChI is InChI=1S/C9H10N4S.C8H7ClN2.CH4N2S.ClH/c10-5-4-7-2-1-3-8(13-7)6-14-9(11)12;9-6-8-3-1-2-7(11-8)4-5-10;2-1(3)4;/h1-3H,4,6H2,(H3,11,12);1-3H,4,6H2;(H4,2,3,4);1H. The molecule has 2 heterocycles. The van der Waals surface area contributed by atoms with Crippen LogP contribution in [0.4, 0.5) is 0 Å². The lowest BCUT2D eigenvalue weighted by molar-refractivity contribution is 1.05. The van der Waals surface area contributed by atoms with Crippen LogP contribution in [-0.2, 0) is 24.5 Å². The molecule has 8 nitrogen and oxygen atoms in total. The number of nitrogens with two attached hydrogens (primary N) is 3. The summed E-state index contributed by atoms with van der Waals surface area (Å²) >= 11 is 10.9. The number of nitrogens with one attached hydrogen (secondary N) is 1. The number of halogens is 2. The van der Waals surface area contributed by atoms with E-state index in [4.69, 9.17) is 33.3 Å². The van der Waals surface area contributed by atoms with E-state index in [-0.39, 0.29) is 22.7 Å². The summed E-state index contributed by atoms with van der Waals surface area (Å²) in [5.74, 6) is 0.980. The zero-order chi connectivity index (χ0) is 22.1. The first-order chi connectivity index (χ1) is 13.8. The van der Waals surface area contributed by atoms with Crippen LogP contribution in [0.2, 0.25) is 0 Å². The summed E-state index contributed by atoms with van der Waals surface area (Å²) in [5.41, 5.74) is 17.6. The number of nitriles is 2. The van der Waals surface area contributed by atoms with Gasteiger partial charge in [-0.1, -0.05) is 23.9 Å². The van der Waals surface area contributed by atoms with Crippen LogP contribution in [0.3, 0.4) is 0 Å². The molecular formula is C18H22Cl2N8S2. The maximum absolute atomic E-state index is 8.48. The molecule has 30 heavy (non-hydrogen) atoms. The second kappa shape index (κ2) is 18.4. The molecule has 0 fully saturated rings. The zero-order valence-electron chi connectivity index (χ0n) is 15.9. The molecule has 0 aliphatic rings. The molecule has 2 aromatic rings. The number of hydrogen-bond donors (Lipinski definition) is 4.